The van der Waals surface area contributed by atoms with E-state index >= 15 is 0 Å². The van der Waals surface area contributed by atoms with Crippen molar-refractivity contribution in [1.29, 1.82) is 0 Å². The third kappa shape index (κ3) is 4.74. The van der Waals surface area contributed by atoms with E-state index in [0.29, 0.717) is 11.8 Å². The molecule has 0 aliphatic heterocycles. The molecular weight excluding hydrogens is 422 g/mol. The van der Waals surface area contributed by atoms with Crippen LogP contribution in [-0.2, 0) is 18.6 Å². The van der Waals surface area contributed by atoms with E-state index in [1.54, 1.807) is 30.3 Å². The van der Waals surface area contributed by atoms with E-state index in [2.05, 4.69) is 10.9 Å². The number of hydrogen-bond acceptors (Lipinski definition) is 2. The molecule has 0 bridgehead atoms. The molecule has 0 aliphatic carbocycles. The Morgan fingerprint density at radius 2 is 1.28 bits per heavy atom. The van der Waals surface area contributed by atoms with Gasteiger partial charge in [0, 0.05) is 17.8 Å². The summed E-state index contributed by atoms with van der Waals surface area (Å²) in [7, 11) is 0. The maximum atomic E-state index is 14.0. The number of benzene rings is 2. The van der Waals surface area contributed by atoms with Gasteiger partial charge in [0.1, 0.15) is 0 Å². The lowest BCUT2D eigenvalue weighted by atomic mass is 9.94. The molecule has 0 aliphatic rings. The summed E-state index contributed by atoms with van der Waals surface area (Å²) < 4.78 is 131. The summed E-state index contributed by atoms with van der Waals surface area (Å²) in [5.41, 5.74) is 0.348. The number of halogens is 10. The highest BCUT2D eigenvalue weighted by atomic mass is 19.4. The fourth-order valence-electron chi connectivity index (χ4n) is 2.33. The molecular formula is C17H12F10N2. The summed E-state index contributed by atoms with van der Waals surface area (Å²) in [4.78, 5) is 0. The highest BCUT2D eigenvalue weighted by Crippen LogP contribution is 2.54. The van der Waals surface area contributed by atoms with E-state index in [0.717, 1.165) is 0 Å². The van der Waals surface area contributed by atoms with Gasteiger partial charge < -0.3 is 5.43 Å². The molecule has 160 valence electrons. The second-order valence-electron chi connectivity index (χ2n) is 5.87. The quantitative estimate of drug-likeness (QED) is 0.424. The van der Waals surface area contributed by atoms with Crippen molar-refractivity contribution in [2.24, 2.45) is 0 Å². The van der Waals surface area contributed by atoms with Crippen LogP contribution in [0.5, 0.6) is 0 Å². The average molecular weight is 434 g/mol. The highest BCUT2D eigenvalue weighted by Gasteiger charge is 2.74. The van der Waals surface area contributed by atoms with Crippen molar-refractivity contribution >= 4 is 5.69 Å². The van der Waals surface area contributed by atoms with Crippen molar-refractivity contribution in [3.8, 4) is 0 Å². The van der Waals surface area contributed by atoms with Gasteiger partial charge in [-0.2, -0.15) is 43.9 Å². The van der Waals surface area contributed by atoms with Crippen LogP contribution < -0.4 is 10.9 Å². The highest BCUT2D eigenvalue weighted by molar-refractivity contribution is 5.42. The minimum Gasteiger partial charge on any atom is -0.321 e. The number of hydrazine groups is 1. The van der Waals surface area contributed by atoms with Crippen molar-refractivity contribution in [2.45, 2.75) is 30.7 Å². The molecule has 2 rings (SSSR count). The maximum absolute atomic E-state index is 14.0. The van der Waals surface area contributed by atoms with Gasteiger partial charge in [-0.15, -0.1) is 0 Å². The third-order valence-electron chi connectivity index (χ3n) is 3.78. The van der Waals surface area contributed by atoms with Crippen LogP contribution >= 0.6 is 0 Å². The Kier molecular flexibility index (Phi) is 6.07. The standard InChI is InChI=1S/C17H12F10N2/c18-14(19,16(23,24)17(25,26)27)13-8-10(6-7-12(13)15(20,21)22)9-28-29-11-4-2-1-3-5-11/h1-8,28-29H,9H2. The van der Waals surface area contributed by atoms with Gasteiger partial charge in [-0.25, -0.2) is 5.43 Å². The van der Waals surface area contributed by atoms with E-state index in [4.69, 9.17) is 0 Å². The molecule has 2 aromatic carbocycles. The second-order valence-corrected chi connectivity index (χ2v) is 5.87. The summed E-state index contributed by atoms with van der Waals surface area (Å²) in [5.74, 6) is -12.9. The average Bonchev–Trinajstić information content (AvgIpc) is 2.60. The van der Waals surface area contributed by atoms with Crippen molar-refractivity contribution in [1.82, 2.24) is 5.43 Å². The Labute approximate surface area is 157 Å². The van der Waals surface area contributed by atoms with Gasteiger partial charge in [-0.1, -0.05) is 24.3 Å². The molecule has 0 heterocycles. The smallest absolute Gasteiger partial charge is 0.321 e. The number of alkyl halides is 10. The molecule has 0 radical (unpaired) electrons. The molecule has 2 N–H and O–H groups in total. The van der Waals surface area contributed by atoms with Crippen LogP contribution in [0.3, 0.4) is 0 Å². The topological polar surface area (TPSA) is 24.1 Å². The lowest BCUT2D eigenvalue weighted by molar-refractivity contribution is -0.360. The Hall–Kier alpha value is -2.50. The first-order valence-corrected chi connectivity index (χ1v) is 7.75. The number of para-hydroxylation sites is 1. The van der Waals surface area contributed by atoms with Crippen LogP contribution in [0.4, 0.5) is 49.6 Å². The molecule has 0 saturated heterocycles. The molecule has 0 aromatic heterocycles. The van der Waals surface area contributed by atoms with Gasteiger partial charge in [0.05, 0.1) is 5.56 Å². The van der Waals surface area contributed by atoms with E-state index in [1.807, 2.05) is 0 Å². The van der Waals surface area contributed by atoms with Crippen LogP contribution in [0.15, 0.2) is 48.5 Å². The molecule has 12 heteroatoms. The van der Waals surface area contributed by atoms with Crippen molar-refractivity contribution in [3.63, 3.8) is 0 Å². The molecule has 0 amide bonds. The molecule has 0 saturated carbocycles. The van der Waals surface area contributed by atoms with Gasteiger partial charge in [-0.3, -0.25) is 0 Å². The zero-order valence-corrected chi connectivity index (χ0v) is 14.1. The molecule has 0 unspecified atom stereocenters. The largest absolute Gasteiger partial charge is 0.460 e. The second kappa shape index (κ2) is 7.73. The van der Waals surface area contributed by atoms with Crippen molar-refractivity contribution in [2.75, 3.05) is 5.43 Å². The number of hydrogen-bond donors (Lipinski definition) is 2. The van der Waals surface area contributed by atoms with E-state index < -0.39 is 41.9 Å². The fourth-order valence-corrected chi connectivity index (χ4v) is 2.33. The molecule has 2 nitrogen and oxygen atoms in total. The number of nitrogens with one attached hydrogen (secondary N) is 2. The van der Waals surface area contributed by atoms with Gasteiger partial charge in [0.2, 0.25) is 0 Å². The minimum absolute atomic E-state index is 0.0256. The zero-order chi connectivity index (χ0) is 22.1. The zero-order valence-electron chi connectivity index (χ0n) is 14.1. The fraction of sp³-hybridized carbons (Fsp3) is 0.294. The van der Waals surface area contributed by atoms with E-state index in [-0.39, 0.29) is 17.7 Å². The van der Waals surface area contributed by atoms with Crippen molar-refractivity contribution in [3.05, 3.63) is 65.2 Å². The van der Waals surface area contributed by atoms with Gasteiger partial charge >= 0.3 is 24.2 Å². The minimum atomic E-state index is -6.76. The Balaban J connectivity index is 2.39. The molecule has 0 fully saturated rings. The molecule has 0 atom stereocenters. The Morgan fingerprint density at radius 3 is 1.79 bits per heavy atom. The van der Waals surface area contributed by atoms with Crippen LogP contribution in [0, 0.1) is 0 Å². The number of rotatable bonds is 6. The normalized spacial score (nSPS) is 13.4. The number of anilines is 1. The Morgan fingerprint density at radius 1 is 0.690 bits per heavy atom. The summed E-state index contributed by atoms with van der Waals surface area (Å²) in [6.45, 7) is -0.451. The lowest BCUT2D eigenvalue weighted by Crippen LogP contribution is -2.50. The molecule has 29 heavy (non-hydrogen) atoms. The lowest BCUT2D eigenvalue weighted by Gasteiger charge is -2.30. The molecule has 2 aromatic rings. The predicted octanol–water partition coefficient (Wildman–Crippen LogP) is 6.11. The first-order chi connectivity index (χ1) is 13.2. The monoisotopic (exact) mass is 434 g/mol. The van der Waals surface area contributed by atoms with E-state index in [1.165, 1.54) is 0 Å². The summed E-state index contributed by atoms with van der Waals surface area (Å²) in [6.07, 6.45) is -12.3. The van der Waals surface area contributed by atoms with E-state index in [9.17, 15) is 43.9 Å². The summed E-state index contributed by atoms with van der Waals surface area (Å²) in [5, 5.41) is 0. The van der Waals surface area contributed by atoms with Crippen LogP contribution in [-0.4, -0.2) is 12.1 Å². The first kappa shape index (κ1) is 22.8. The summed E-state index contributed by atoms with van der Waals surface area (Å²) >= 11 is 0. The Bertz CT molecular complexity index is 828. The van der Waals surface area contributed by atoms with Gasteiger partial charge in [0.25, 0.3) is 0 Å². The first-order valence-electron chi connectivity index (χ1n) is 7.75. The van der Waals surface area contributed by atoms with Crippen LogP contribution in [0.1, 0.15) is 16.7 Å². The molecule has 0 spiro atoms. The van der Waals surface area contributed by atoms with Crippen LogP contribution in [0.2, 0.25) is 0 Å². The van der Waals surface area contributed by atoms with Crippen molar-refractivity contribution < 1.29 is 43.9 Å². The van der Waals surface area contributed by atoms with Gasteiger partial charge in [-0.05, 0) is 29.8 Å². The summed E-state index contributed by atoms with van der Waals surface area (Å²) in [6, 6.07) is 8.77. The van der Waals surface area contributed by atoms with Crippen LogP contribution in [0.25, 0.3) is 0 Å². The maximum Gasteiger partial charge on any atom is 0.460 e. The predicted molar refractivity (Wildman–Crippen MR) is 83.2 cm³/mol. The SMILES string of the molecule is FC(F)(F)c1ccc(CNNc2ccccc2)cc1C(F)(F)C(F)(F)C(F)(F)F. The van der Waals surface area contributed by atoms with Gasteiger partial charge in [0.15, 0.2) is 0 Å². The third-order valence-corrected chi connectivity index (χ3v) is 3.78.